The van der Waals surface area contributed by atoms with Gasteiger partial charge in [0.05, 0.1) is 17.2 Å². The van der Waals surface area contributed by atoms with Crippen molar-refractivity contribution in [3.63, 3.8) is 0 Å². The number of piperazine rings is 1. The fourth-order valence-electron chi connectivity index (χ4n) is 5.02. The van der Waals surface area contributed by atoms with Gasteiger partial charge in [-0.1, -0.05) is 13.3 Å². The second-order valence-corrected chi connectivity index (χ2v) is 8.69. The number of nitrogens with zero attached hydrogens (tertiary/aromatic N) is 4. The highest BCUT2D eigenvalue weighted by Crippen LogP contribution is 2.46. The summed E-state index contributed by atoms with van der Waals surface area (Å²) in [6.07, 6.45) is 6.95. The van der Waals surface area contributed by atoms with Gasteiger partial charge in [-0.05, 0) is 37.5 Å². The topological polar surface area (TPSA) is 43.8 Å². The molecule has 2 aliphatic carbocycles. The van der Waals surface area contributed by atoms with E-state index in [2.05, 4.69) is 37.4 Å². The van der Waals surface area contributed by atoms with Crippen molar-refractivity contribution in [1.29, 1.82) is 0 Å². The lowest BCUT2D eigenvalue weighted by Gasteiger charge is -2.41. The van der Waals surface area contributed by atoms with Crippen LogP contribution in [0.2, 0.25) is 0 Å². The van der Waals surface area contributed by atoms with Gasteiger partial charge in [0, 0.05) is 44.6 Å². The van der Waals surface area contributed by atoms with Crippen LogP contribution in [0.15, 0.2) is 10.4 Å². The van der Waals surface area contributed by atoms with Gasteiger partial charge in [0.15, 0.2) is 5.96 Å². The van der Waals surface area contributed by atoms with Gasteiger partial charge in [0.1, 0.15) is 0 Å². The van der Waals surface area contributed by atoms with Crippen molar-refractivity contribution in [1.82, 2.24) is 20.1 Å². The van der Waals surface area contributed by atoms with Gasteiger partial charge < -0.3 is 10.2 Å². The van der Waals surface area contributed by atoms with E-state index in [1.807, 2.05) is 7.05 Å². The molecule has 25 heavy (non-hydrogen) atoms. The van der Waals surface area contributed by atoms with Crippen molar-refractivity contribution in [3.05, 3.63) is 16.1 Å². The first-order valence-electron chi connectivity index (χ1n) is 9.89. The second kappa shape index (κ2) is 7.62. The average molecular weight is 362 g/mol. The quantitative estimate of drug-likeness (QED) is 0.661. The number of fused-ring (bicyclic) bond motifs is 2. The van der Waals surface area contributed by atoms with E-state index >= 15 is 0 Å². The molecular formula is C19H31N5S. The van der Waals surface area contributed by atoms with Crippen LogP contribution in [0, 0.1) is 11.8 Å². The van der Waals surface area contributed by atoms with Crippen molar-refractivity contribution >= 4 is 17.3 Å². The molecule has 1 aliphatic heterocycles. The molecule has 0 radical (unpaired) electrons. The summed E-state index contributed by atoms with van der Waals surface area (Å²) >= 11 is 1.75. The van der Waals surface area contributed by atoms with Gasteiger partial charge in [-0.25, -0.2) is 4.98 Å². The highest BCUT2D eigenvalue weighted by Gasteiger charge is 2.42. The van der Waals surface area contributed by atoms with Crippen molar-refractivity contribution < 1.29 is 0 Å². The van der Waals surface area contributed by atoms with Crippen LogP contribution in [-0.4, -0.2) is 60.0 Å². The Bertz CT molecular complexity index is 605. The Morgan fingerprint density at radius 1 is 1.28 bits per heavy atom. The first-order chi connectivity index (χ1) is 12.3. The average Bonchev–Trinajstić information content (AvgIpc) is 3.39. The smallest absolute Gasteiger partial charge is 0.194 e. The molecular weight excluding hydrogens is 330 g/mol. The maximum atomic E-state index is 4.64. The molecule has 1 saturated heterocycles. The zero-order chi connectivity index (χ0) is 17.2. The minimum absolute atomic E-state index is 0.774. The molecule has 0 aromatic carbocycles. The van der Waals surface area contributed by atoms with Crippen LogP contribution in [0.25, 0.3) is 0 Å². The molecule has 1 aromatic rings. The minimum atomic E-state index is 0.774. The van der Waals surface area contributed by atoms with Crippen LogP contribution >= 0.6 is 11.3 Å². The summed E-state index contributed by atoms with van der Waals surface area (Å²) in [4.78, 5) is 14.3. The molecule has 3 aliphatic rings. The number of aryl methyl sites for hydroxylation is 1. The summed E-state index contributed by atoms with van der Waals surface area (Å²) in [5, 5.41) is 6.88. The van der Waals surface area contributed by atoms with E-state index < -0.39 is 0 Å². The van der Waals surface area contributed by atoms with E-state index in [9.17, 15) is 0 Å². The Kier molecular flexibility index (Phi) is 5.27. The summed E-state index contributed by atoms with van der Waals surface area (Å²) < 4.78 is 0. The number of aliphatic imine (C=N–C) groups is 1. The maximum absolute atomic E-state index is 4.64. The molecule has 6 heteroatoms. The van der Waals surface area contributed by atoms with Crippen LogP contribution in [0.1, 0.15) is 43.3 Å². The van der Waals surface area contributed by atoms with Gasteiger partial charge in [-0.2, -0.15) is 0 Å². The fraction of sp³-hybridized carbons (Fsp3) is 0.789. The summed E-state index contributed by atoms with van der Waals surface area (Å²) in [6, 6.07) is 0.873. The van der Waals surface area contributed by atoms with Gasteiger partial charge in [-0.15, -0.1) is 11.3 Å². The Morgan fingerprint density at radius 3 is 2.72 bits per heavy atom. The van der Waals surface area contributed by atoms with E-state index in [1.165, 1.54) is 43.8 Å². The van der Waals surface area contributed by atoms with Crippen LogP contribution in [0.5, 0.6) is 0 Å². The largest absolute Gasteiger partial charge is 0.351 e. The number of thiazole rings is 1. The predicted molar refractivity (Wildman–Crippen MR) is 104 cm³/mol. The summed E-state index contributed by atoms with van der Waals surface area (Å²) in [6.45, 7) is 7.48. The van der Waals surface area contributed by atoms with E-state index in [0.717, 1.165) is 55.6 Å². The number of guanidine groups is 1. The normalized spacial score (nSPS) is 30.2. The molecule has 5 nitrogen and oxygen atoms in total. The monoisotopic (exact) mass is 361 g/mol. The summed E-state index contributed by atoms with van der Waals surface area (Å²) in [7, 11) is 1.89. The molecule has 1 aromatic heterocycles. The number of nitrogens with one attached hydrogen (secondary N) is 1. The second-order valence-electron chi connectivity index (χ2n) is 7.75. The third-order valence-corrected chi connectivity index (χ3v) is 7.37. The zero-order valence-electron chi connectivity index (χ0n) is 15.6. The van der Waals surface area contributed by atoms with Gasteiger partial charge in [0.25, 0.3) is 0 Å². The molecule has 3 fully saturated rings. The molecule has 2 bridgehead atoms. The van der Waals surface area contributed by atoms with Crippen LogP contribution < -0.4 is 5.32 Å². The van der Waals surface area contributed by atoms with E-state index in [0.29, 0.717) is 0 Å². The number of rotatable bonds is 4. The third kappa shape index (κ3) is 3.70. The van der Waals surface area contributed by atoms with Crippen LogP contribution in [0.4, 0.5) is 0 Å². The highest BCUT2D eigenvalue weighted by molar-refractivity contribution is 7.09. The van der Waals surface area contributed by atoms with Gasteiger partial charge >= 0.3 is 0 Å². The molecule has 2 saturated carbocycles. The zero-order valence-corrected chi connectivity index (χ0v) is 16.4. The lowest BCUT2D eigenvalue weighted by molar-refractivity contribution is 0.0958. The summed E-state index contributed by atoms with van der Waals surface area (Å²) in [5.74, 6) is 3.05. The number of hydrogen-bond acceptors (Lipinski definition) is 4. The van der Waals surface area contributed by atoms with E-state index in [4.69, 9.17) is 0 Å². The Morgan fingerprint density at radius 2 is 2.12 bits per heavy atom. The Hall–Kier alpha value is -1.14. The van der Waals surface area contributed by atoms with Gasteiger partial charge in [-0.3, -0.25) is 9.89 Å². The molecule has 0 amide bonds. The van der Waals surface area contributed by atoms with Crippen LogP contribution in [0.3, 0.4) is 0 Å². The minimum Gasteiger partial charge on any atom is -0.351 e. The van der Waals surface area contributed by atoms with Crippen molar-refractivity contribution in [2.24, 2.45) is 16.8 Å². The Balaban J connectivity index is 1.27. The summed E-state index contributed by atoms with van der Waals surface area (Å²) in [5.41, 5.74) is 1.13. The standard InChI is InChI=1S/C19H31N5S/c1-3-18-22-16(13-25-18)12-21-19(20-2)24-8-6-23(7-9-24)17-11-14-4-5-15(17)10-14/h13-15,17H,3-12H2,1-2H3,(H,20,21). The Labute approximate surface area is 155 Å². The molecule has 3 atom stereocenters. The maximum Gasteiger partial charge on any atom is 0.194 e. The fourth-order valence-corrected chi connectivity index (χ4v) is 5.76. The molecule has 138 valence electrons. The first kappa shape index (κ1) is 17.3. The molecule has 2 heterocycles. The van der Waals surface area contributed by atoms with Gasteiger partial charge in [0.2, 0.25) is 0 Å². The van der Waals surface area contributed by atoms with Crippen LogP contribution in [-0.2, 0) is 13.0 Å². The number of aromatic nitrogens is 1. The molecule has 1 N–H and O–H groups in total. The lowest BCUT2D eigenvalue weighted by Crippen LogP contribution is -2.55. The molecule has 0 spiro atoms. The first-order valence-corrected chi connectivity index (χ1v) is 10.8. The lowest BCUT2D eigenvalue weighted by atomic mass is 9.93. The van der Waals surface area contributed by atoms with Crippen molar-refractivity contribution in [3.8, 4) is 0 Å². The SMILES string of the molecule is CCc1nc(CNC(=NC)N2CCN(C3CC4CCC3C4)CC2)cs1. The number of hydrogen-bond donors (Lipinski definition) is 1. The van der Waals surface area contributed by atoms with Crippen molar-refractivity contribution in [2.75, 3.05) is 33.2 Å². The predicted octanol–water partition coefficient (Wildman–Crippen LogP) is 2.59. The van der Waals surface area contributed by atoms with E-state index in [1.54, 1.807) is 11.3 Å². The highest BCUT2D eigenvalue weighted by atomic mass is 32.1. The van der Waals surface area contributed by atoms with Crippen molar-refractivity contribution in [2.45, 2.75) is 51.6 Å². The van der Waals surface area contributed by atoms with E-state index in [-0.39, 0.29) is 0 Å². The molecule has 3 unspecified atom stereocenters. The molecule has 4 rings (SSSR count). The third-order valence-electron chi connectivity index (χ3n) is 6.32.